The molecule has 1 fully saturated rings. The fourth-order valence-corrected chi connectivity index (χ4v) is 2.87. The minimum Gasteiger partial charge on any atom is -0.335 e. The van der Waals surface area contributed by atoms with Crippen LogP contribution in [0.15, 0.2) is 29.6 Å². The molecule has 0 aliphatic carbocycles. The first-order valence-corrected chi connectivity index (χ1v) is 8.25. The van der Waals surface area contributed by atoms with Crippen LogP contribution in [-0.2, 0) is 4.79 Å². The van der Waals surface area contributed by atoms with Gasteiger partial charge in [0.15, 0.2) is 0 Å². The number of nitrogens with one attached hydrogen (secondary N) is 2. The van der Waals surface area contributed by atoms with E-state index in [9.17, 15) is 22.4 Å². The van der Waals surface area contributed by atoms with Gasteiger partial charge in [0.05, 0.1) is 18.0 Å². The summed E-state index contributed by atoms with van der Waals surface area (Å²) in [5.74, 6) is -3.00. The predicted octanol–water partition coefficient (Wildman–Crippen LogP) is 2.27. The maximum absolute atomic E-state index is 13.9. The number of hydrogen-bond donors (Lipinski definition) is 2. The lowest BCUT2D eigenvalue weighted by atomic mass is 10.0. The van der Waals surface area contributed by atoms with Crippen LogP contribution in [0.3, 0.4) is 0 Å². The number of amidine groups is 1. The minimum absolute atomic E-state index is 0.221. The van der Waals surface area contributed by atoms with Crippen molar-refractivity contribution >= 4 is 11.7 Å². The second kappa shape index (κ2) is 9.50. The molecule has 0 radical (unpaired) electrons. The fourth-order valence-electron chi connectivity index (χ4n) is 2.87. The zero-order chi connectivity index (χ0) is 20.8. The second-order valence-corrected chi connectivity index (χ2v) is 6.21. The molecule has 27 heavy (non-hydrogen) atoms. The summed E-state index contributed by atoms with van der Waals surface area (Å²) in [5, 5.41) is 14.4. The van der Waals surface area contributed by atoms with E-state index in [0.29, 0.717) is 4.90 Å². The monoisotopic (exact) mass is 389 g/mol. The molecule has 0 aromatic rings. The number of carbonyl (C=O) groups excluding carboxylic acids is 1. The second-order valence-electron chi connectivity index (χ2n) is 6.21. The van der Waals surface area contributed by atoms with Crippen LogP contribution >= 0.6 is 0 Å². The van der Waals surface area contributed by atoms with E-state index in [1.807, 2.05) is 0 Å². The van der Waals surface area contributed by atoms with Gasteiger partial charge >= 0.3 is 6.18 Å². The highest BCUT2D eigenvalue weighted by atomic mass is 19.4. The Hall–Kier alpha value is -2.41. The molecule has 2 N–H and O–H groups in total. The van der Waals surface area contributed by atoms with Gasteiger partial charge in [-0.05, 0) is 19.4 Å². The van der Waals surface area contributed by atoms with E-state index in [2.05, 4.69) is 28.3 Å². The molecule has 1 aliphatic heterocycles. The molecular formula is C17H23F4N5O. The van der Waals surface area contributed by atoms with Crippen LogP contribution in [0.4, 0.5) is 17.6 Å². The van der Waals surface area contributed by atoms with Crippen molar-refractivity contribution in [2.24, 2.45) is 10.9 Å². The summed E-state index contributed by atoms with van der Waals surface area (Å²) in [6.45, 7) is 5.07. The van der Waals surface area contributed by atoms with Gasteiger partial charge in [0, 0.05) is 26.6 Å². The number of aliphatic imine (C=N–C) groups is 1. The number of halogens is 4. The number of nitriles is 1. The average molecular weight is 389 g/mol. The topological polar surface area (TPSA) is 80.5 Å². The molecule has 1 amide bonds. The molecule has 1 heterocycles. The van der Waals surface area contributed by atoms with Crippen LogP contribution in [-0.4, -0.2) is 55.2 Å². The van der Waals surface area contributed by atoms with Gasteiger partial charge in [-0.25, -0.2) is 4.39 Å². The highest BCUT2D eigenvalue weighted by Crippen LogP contribution is 2.23. The summed E-state index contributed by atoms with van der Waals surface area (Å²) in [6.07, 6.45) is -4.22. The van der Waals surface area contributed by atoms with Gasteiger partial charge in [0.1, 0.15) is 12.0 Å². The highest BCUT2D eigenvalue weighted by Gasteiger charge is 2.42. The summed E-state index contributed by atoms with van der Waals surface area (Å²) in [6, 6.07) is 1.09. The van der Waals surface area contributed by atoms with Crippen molar-refractivity contribution in [3.63, 3.8) is 0 Å². The Bertz CT molecular complexity index is 653. The first-order chi connectivity index (χ1) is 12.5. The number of amides is 1. The van der Waals surface area contributed by atoms with E-state index in [1.165, 1.54) is 0 Å². The third kappa shape index (κ3) is 6.06. The van der Waals surface area contributed by atoms with E-state index >= 15 is 0 Å². The van der Waals surface area contributed by atoms with Crippen LogP contribution < -0.4 is 10.6 Å². The molecular weight excluding hydrogens is 366 g/mol. The van der Waals surface area contributed by atoms with Gasteiger partial charge in [-0.15, -0.1) is 0 Å². The normalized spacial score (nSPS) is 24.9. The number of nitrogens with zero attached hydrogens (tertiary/aromatic N) is 3. The fraction of sp³-hybridized carbons (Fsp3) is 0.588. The molecule has 1 unspecified atom stereocenters. The Morgan fingerprint density at radius 3 is 2.63 bits per heavy atom. The number of carbonyl (C=O) groups is 1. The molecule has 150 valence electrons. The quantitative estimate of drug-likeness (QED) is 0.240. The number of allylic oxidation sites excluding steroid dienone is 2. The minimum atomic E-state index is -4.77. The van der Waals surface area contributed by atoms with Gasteiger partial charge in [0.25, 0.3) is 0 Å². The third-order valence-corrected chi connectivity index (χ3v) is 4.30. The highest BCUT2D eigenvalue weighted by molar-refractivity contribution is 5.88. The van der Waals surface area contributed by atoms with Gasteiger partial charge in [-0.3, -0.25) is 9.79 Å². The first kappa shape index (κ1) is 22.6. The van der Waals surface area contributed by atoms with Gasteiger partial charge in [-0.2, -0.15) is 18.4 Å². The van der Waals surface area contributed by atoms with Crippen molar-refractivity contribution in [3.05, 3.63) is 24.6 Å². The average Bonchev–Trinajstić information content (AvgIpc) is 2.94. The van der Waals surface area contributed by atoms with Crippen molar-refractivity contribution < 1.29 is 22.4 Å². The molecule has 6 nitrogen and oxygen atoms in total. The lowest BCUT2D eigenvalue weighted by Crippen LogP contribution is -2.55. The van der Waals surface area contributed by atoms with Crippen molar-refractivity contribution in [1.29, 1.82) is 5.26 Å². The molecule has 0 bridgehead atoms. The van der Waals surface area contributed by atoms with Crippen molar-refractivity contribution in [3.8, 4) is 6.07 Å². The molecule has 1 aliphatic rings. The zero-order valence-corrected chi connectivity index (χ0v) is 15.3. The Morgan fingerprint density at radius 1 is 1.56 bits per heavy atom. The van der Waals surface area contributed by atoms with Crippen LogP contribution in [0.1, 0.15) is 19.8 Å². The smallest absolute Gasteiger partial charge is 0.335 e. The molecule has 0 aromatic heterocycles. The van der Waals surface area contributed by atoms with Crippen molar-refractivity contribution in [1.82, 2.24) is 15.5 Å². The van der Waals surface area contributed by atoms with E-state index in [0.717, 1.165) is 26.2 Å². The van der Waals surface area contributed by atoms with E-state index in [1.54, 1.807) is 6.92 Å². The molecule has 1 rings (SSSR count). The Morgan fingerprint density at radius 2 is 2.19 bits per heavy atom. The maximum Gasteiger partial charge on any atom is 0.449 e. The Balaban J connectivity index is 3.02. The van der Waals surface area contributed by atoms with Crippen LogP contribution in [0.5, 0.6) is 0 Å². The zero-order valence-electron chi connectivity index (χ0n) is 15.3. The van der Waals surface area contributed by atoms with E-state index in [4.69, 9.17) is 5.26 Å². The molecule has 1 saturated heterocycles. The summed E-state index contributed by atoms with van der Waals surface area (Å²) in [4.78, 5) is 16.4. The van der Waals surface area contributed by atoms with Crippen LogP contribution in [0.2, 0.25) is 0 Å². The van der Waals surface area contributed by atoms with Gasteiger partial charge < -0.3 is 15.5 Å². The number of alkyl halides is 3. The predicted molar refractivity (Wildman–Crippen MR) is 93.2 cm³/mol. The van der Waals surface area contributed by atoms with Gasteiger partial charge in [-0.1, -0.05) is 12.7 Å². The number of hydrogen-bond acceptors (Lipinski definition) is 4. The lowest BCUT2D eigenvalue weighted by Gasteiger charge is -2.32. The van der Waals surface area contributed by atoms with Gasteiger partial charge in [0.2, 0.25) is 11.7 Å². The molecule has 0 spiro atoms. The largest absolute Gasteiger partial charge is 0.449 e. The summed E-state index contributed by atoms with van der Waals surface area (Å²) in [7, 11) is 2.04. The standard InChI is InChI=1S/C17H23F4N5O/c1-5-6-12(18)8-14(26(4)16(23-3)17(19,20)21)25-15(27)13-7-11(9-22)10(2)24-13/h5-6,10-11,13-14,24H,1,7-8H2,2-4H3,(H,25,27)/b12-6+,23-16-/t10-,11-,13-,14?/m0/s1. The molecule has 10 heteroatoms. The SMILES string of the molecule is C=C/C=C(/F)CC(NC(=O)[C@@H]1C[C@@H](C#N)[C@H](C)N1)N(C)/C(=N\C)C(F)(F)F. The summed E-state index contributed by atoms with van der Waals surface area (Å²) < 4.78 is 53.4. The lowest BCUT2D eigenvalue weighted by molar-refractivity contribution is -0.124. The van der Waals surface area contributed by atoms with E-state index < -0.39 is 48.3 Å². The van der Waals surface area contributed by atoms with Crippen molar-refractivity contribution in [2.75, 3.05) is 14.1 Å². The van der Waals surface area contributed by atoms with Crippen LogP contribution in [0, 0.1) is 17.2 Å². The third-order valence-electron chi connectivity index (χ3n) is 4.30. The number of rotatable bonds is 6. The Kier molecular flexibility index (Phi) is 7.97. The summed E-state index contributed by atoms with van der Waals surface area (Å²) in [5.41, 5.74) is 0. The Labute approximate surface area is 155 Å². The molecule has 4 atom stereocenters. The summed E-state index contributed by atoms with van der Waals surface area (Å²) >= 11 is 0. The van der Waals surface area contributed by atoms with Crippen molar-refractivity contribution in [2.45, 2.75) is 44.2 Å². The first-order valence-electron chi connectivity index (χ1n) is 8.25. The molecule has 0 aromatic carbocycles. The maximum atomic E-state index is 13.9. The van der Waals surface area contributed by atoms with Crippen LogP contribution in [0.25, 0.3) is 0 Å². The van der Waals surface area contributed by atoms with E-state index in [-0.39, 0.29) is 12.5 Å². The molecule has 0 saturated carbocycles.